The van der Waals surface area contributed by atoms with Crippen LogP contribution in [0.1, 0.15) is 124 Å². The number of thiazole rings is 1. The van der Waals surface area contributed by atoms with Crippen LogP contribution < -0.4 is 20.7 Å². The Balaban J connectivity index is 0. The molecule has 16 heteroatoms. The van der Waals surface area contributed by atoms with E-state index in [4.69, 9.17) is 19.4 Å². The Morgan fingerprint density at radius 1 is 1.06 bits per heavy atom. The maximum atomic E-state index is 12.3. The van der Waals surface area contributed by atoms with Crippen LogP contribution in [-0.2, 0) is 36.8 Å². The molecule has 0 radical (unpaired) electrons. The highest BCUT2D eigenvalue weighted by Gasteiger charge is 2.50. The third-order valence-electron chi connectivity index (χ3n) is 10.1. The first-order valence-electron chi connectivity index (χ1n) is 23.5. The first kappa shape index (κ1) is 64.6. The smallest absolute Gasteiger partial charge is 0.243 e. The minimum Gasteiger partial charge on any atom is -0.508 e. The van der Waals surface area contributed by atoms with E-state index in [2.05, 4.69) is 91.8 Å². The average Bonchev–Trinajstić information content (AvgIpc) is 3.92. The van der Waals surface area contributed by atoms with E-state index in [-0.39, 0.29) is 29.7 Å². The number of ether oxygens (including phenoxy) is 2. The second-order valence-electron chi connectivity index (χ2n) is 16.6. The predicted molar refractivity (Wildman–Crippen MR) is 281 cm³/mol. The lowest BCUT2D eigenvalue weighted by molar-refractivity contribution is -0.138. The molecule has 6 rings (SSSR count). The van der Waals surface area contributed by atoms with Crippen molar-refractivity contribution in [3.8, 4) is 5.75 Å². The van der Waals surface area contributed by atoms with Crippen LogP contribution in [0.25, 0.3) is 5.76 Å². The number of aromatic nitrogens is 2. The zero-order chi connectivity index (χ0) is 52.1. The quantitative estimate of drug-likeness (QED) is 0.0420. The van der Waals surface area contributed by atoms with Crippen LogP contribution >= 0.6 is 11.3 Å². The van der Waals surface area contributed by atoms with Crippen molar-refractivity contribution in [2.75, 3.05) is 39.7 Å². The lowest BCUT2D eigenvalue weighted by Gasteiger charge is -2.25. The summed E-state index contributed by atoms with van der Waals surface area (Å²) in [7, 11) is 4.39. The number of methoxy groups -OCH3 is 2. The number of allylic oxidation sites excluding steroid dienone is 1. The molecule has 2 saturated carbocycles. The number of aliphatic hydroxyl groups is 2. The molecule has 0 spiro atoms. The monoisotopic (exact) mass is 968 g/mol. The van der Waals surface area contributed by atoms with Crippen molar-refractivity contribution in [2.24, 2.45) is 16.8 Å². The number of amides is 3. The number of aliphatic imine (C=N–C) groups is 1. The molecular formula is C52H85N7O8S. The maximum absolute atomic E-state index is 12.3. The molecule has 382 valence electrons. The largest absolute Gasteiger partial charge is 0.508 e. The van der Waals surface area contributed by atoms with E-state index < -0.39 is 6.04 Å². The zero-order valence-corrected chi connectivity index (χ0v) is 44.0. The minimum atomic E-state index is -0.418. The minimum absolute atomic E-state index is 0.0557. The van der Waals surface area contributed by atoms with E-state index in [9.17, 15) is 19.5 Å². The Bertz CT molecular complexity index is 1850. The standard InChI is InChI=1S/C17H21N3O2S.C14H21N3O3.C7H9N.C6H12O.C4H10.C2H6.CH4O.CH2O/c1-11(2)19-17-20-12(10-23-17)5-8-16(21)14-7-6-13(22-4)9-15(14)18-3;1-3-10-7-14(10,2)16-13(20)11-5-4-6-17(11)12(19)8-15-9-18;1-2-7-4-3-5-8-6-7;1-7-6-4-2-3-5-6;1-4(2)3;3*1-2/h6-11,21H,3,5H2,1-2,4H3,(H,19,20);3,9-11H,1,4-8H2,2H3,(H,15,18)(H,16,20);3-6H,2H2,1H3;6H,2-5H2,1H3;4H,1-3H3;1-2H3;2H,1H3;1H2/b16-8+;;;;;;;/t;10?,11?,14-;;;;;;/m.1....../s1. The van der Waals surface area contributed by atoms with Crippen LogP contribution in [0, 0.1) is 11.8 Å². The van der Waals surface area contributed by atoms with Crippen LogP contribution in [0.3, 0.4) is 0 Å². The molecular weight excluding hydrogens is 883 g/mol. The van der Waals surface area contributed by atoms with Gasteiger partial charge in [0, 0.05) is 74.1 Å². The summed E-state index contributed by atoms with van der Waals surface area (Å²) in [6, 6.07) is 9.24. The van der Waals surface area contributed by atoms with Gasteiger partial charge in [-0.25, -0.2) is 4.98 Å². The van der Waals surface area contributed by atoms with Gasteiger partial charge in [0.1, 0.15) is 24.3 Å². The molecule has 2 aromatic heterocycles. The van der Waals surface area contributed by atoms with E-state index in [1.54, 1.807) is 60.9 Å². The molecule has 1 aromatic carbocycles. The van der Waals surface area contributed by atoms with Crippen molar-refractivity contribution in [1.82, 2.24) is 25.5 Å². The Morgan fingerprint density at radius 3 is 2.18 bits per heavy atom. The number of aryl methyl sites for hydroxylation is 1. The maximum Gasteiger partial charge on any atom is 0.243 e. The van der Waals surface area contributed by atoms with Crippen molar-refractivity contribution in [3.63, 3.8) is 0 Å². The molecule has 5 N–H and O–H groups in total. The van der Waals surface area contributed by atoms with Crippen LogP contribution in [-0.4, -0.2) is 115 Å². The first-order valence-corrected chi connectivity index (χ1v) is 24.3. The fourth-order valence-corrected chi connectivity index (χ4v) is 7.43. The molecule has 3 atom stereocenters. The predicted octanol–water partition coefficient (Wildman–Crippen LogP) is 9.58. The molecule has 15 nitrogen and oxygen atoms in total. The molecule has 3 aromatic rings. The number of likely N-dealkylation sites (tertiary alicyclic amines) is 1. The number of pyridine rings is 1. The number of anilines is 1. The van der Waals surface area contributed by atoms with Gasteiger partial charge in [0.2, 0.25) is 18.2 Å². The number of nitrogens with zero attached hydrogens (tertiary/aromatic N) is 4. The summed E-state index contributed by atoms with van der Waals surface area (Å²) in [5, 5.41) is 28.8. The summed E-state index contributed by atoms with van der Waals surface area (Å²) in [6.45, 7) is 28.5. The second kappa shape index (κ2) is 38.5. The van der Waals surface area contributed by atoms with E-state index in [0.29, 0.717) is 60.9 Å². The van der Waals surface area contributed by atoms with E-state index >= 15 is 0 Å². The topological polar surface area (TPSA) is 205 Å². The molecule has 68 heavy (non-hydrogen) atoms. The fourth-order valence-electron chi connectivity index (χ4n) is 6.56. The van der Waals surface area contributed by atoms with Crippen molar-refractivity contribution >= 4 is 59.6 Å². The molecule has 3 amide bonds. The van der Waals surface area contributed by atoms with Crippen molar-refractivity contribution in [1.29, 1.82) is 0 Å². The number of nitrogens with one attached hydrogen (secondary N) is 3. The van der Waals surface area contributed by atoms with Crippen LogP contribution in [0.2, 0.25) is 0 Å². The van der Waals surface area contributed by atoms with Gasteiger partial charge in [0.15, 0.2) is 5.13 Å². The summed E-state index contributed by atoms with van der Waals surface area (Å²) in [5.74, 6) is 1.66. The third kappa shape index (κ3) is 26.2. The molecule has 3 heterocycles. The lowest BCUT2D eigenvalue weighted by atomic mass is 10.1. The van der Waals surface area contributed by atoms with Crippen LogP contribution in [0.4, 0.5) is 10.8 Å². The van der Waals surface area contributed by atoms with E-state index in [1.807, 2.05) is 51.3 Å². The zero-order valence-electron chi connectivity index (χ0n) is 43.2. The van der Waals surface area contributed by atoms with Gasteiger partial charge in [-0.05, 0) is 102 Å². The van der Waals surface area contributed by atoms with Crippen molar-refractivity contribution < 1.29 is 38.9 Å². The van der Waals surface area contributed by atoms with Gasteiger partial charge in [-0.3, -0.25) is 24.4 Å². The first-order chi connectivity index (χ1) is 32.6. The van der Waals surface area contributed by atoms with E-state index in [1.165, 1.54) is 31.2 Å². The van der Waals surface area contributed by atoms with Gasteiger partial charge in [-0.1, -0.05) is 66.5 Å². The Labute approximate surface area is 412 Å². The molecule has 1 aliphatic heterocycles. The summed E-state index contributed by atoms with van der Waals surface area (Å²) < 4.78 is 10.3. The highest BCUT2D eigenvalue weighted by molar-refractivity contribution is 7.13. The Kier molecular flexibility index (Phi) is 36.6. The molecule has 2 aliphatic carbocycles. The van der Waals surface area contributed by atoms with Crippen LogP contribution in [0.5, 0.6) is 5.75 Å². The highest BCUT2D eigenvalue weighted by Crippen LogP contribution is 2.44. The van der Waals surface area contributed by atoms with Gasteiger partial charge in [0.05, 0.1) is 31.1 Å². The number of rotatable bonds is 15. The SMILES string of the molecule is C=CC1C[C@@]1(C)NC(=O)C1CCCN1C(=O)CNC=O.C=Nc1cc(OC)ccc1/C(O)=C\Cc1csc(NC(C)C)n1.C=O.CC.CC(C)C.CCc1cccnc1.CO.COC1CCCC1. The van der Waals surface area contributed by atoms with E-state index in [0.717, 1.165) is 43.1 Å². The van der Waals surface area contributed by atoms with Gasteiger partial charge in [0.25, 0.3) is 0 Å². The number of aliphatic hydroxyl groups excluding tert-OH is 2. The van der Waals surface area contributed by atoms with Gasteiger partial charge < -0.3 is 45.3 Å². The Morgan fingerprint density at radius 2 is 1.71 bits per heavy atom. The molecule has 0 bridgehead atoms. The summed E-state index contributed by atoms with van der Waals surface area (Å²) in [5.41, 5.74) is 3.20. The third-order valence-corrected chi connectivity index (χ3v) is 10.9. The van der Waals surface area contributed by atoms with Gasteiger partial charge in [-0.15, -0.1) is 17.9 Å². The molecule has 1 saturated heterocycles. The summed E-state index contributed by atoms with van der Waals surface area (Å²) >= 11 is 1.56. The van der Waals surface area contributed by atoms with Gasteiger partial charge >= 0.3 is 0 Å². The number of benzene rings is 1. The molecule has 3 fully saturated rings. The van der Waals surface area contributed by atoms with Gasteiger partial charge in [-0.2, -0.15) is 0 Å². The number of carbonyl (C=O) groups is 4. The van der Waals surface area contributed by atoms with Crippen molar-refractivity contribution in [2.45, 2.75) is 144 Å². The molecule has 2 unspecified atom stereocenters. The average molecular weight is 968 g/mol. The Hall–Kier alpha value is -5.45. The summed E-state index contributed by atoms with van der Waals surface area (Å²) in [6.07, 6.45) is 17.7. The molecule has 3 aliphatic rings. The lowest BCUT2D eigenvalue weighted by Crippen LogP contribution is -2.51. The number of hydrogen-bond acceptors (Lipinski definition) is 13. The normalized spacial score (nSPS) is 17.5. The highest BCUT2D eigenvalue weighted by atomic mass is 32.1. The second-order valence-corrected chi connectivity index (χ2v) is 17.4. The summed E-state index contributed by atoms with van der Waals surface area (Å²) in [4.78, 5) is 56.4. The fraction of sp³-hybridized carbons (Fsp3) is 0.558. The number of carbonyl (C=O) groups excluding carboxylic acids is 4. The number of hydrogen-bond donors (Lipinski definition) is 5. The van der Waals surface area contributed by atoms with Crippen LogP contribution in [0.15, 0.2) is 71.8 Å². The van der Waals surface area contributed by atoms with Crippen molar-refractivity contribution in [3.05, 3.63) is 83.7 Å².